The Kier molecular flexibility index (Phi) is 11.2. The zero-order valence-corrected chi connectivity index (χ0v) is 22.3. The minimum atomic E-state index is -0.484. The number of unbranched alkanes of at least 4 members (excludes halogenated alkanes) is 9. The highest BCUT2D eigenvalue weighted by molar-refractivity contribution is 7.99. The first-order chi connectivity index (χ1) is 17.0. The fraction of sp³-hybridized carbons (Fsp3) is 0.519. The number of esters is 1. The number of carbonyl (C=O) groups excluding carboxylic acids is 1. The van der Waals surface area contributed by atoms with Crippen LogP contribution in [0.3, 0.4) is 0 Å². The molecule has 0 radical (unpaired) electrons. The molecule has 0 aliphatic heterocycles. The molecule has 1 aromatic carbocycles. The van der Waals surface area contributed by atoms with E-state index in [-0.39, 0.29) is 12.3 Å². The lowest BCUT2D eigenvalue weighted by Gasteiger charge is -2.06. The highest BCUT2D eigenvalue weighted by Crippen LogP contribution is 2.31. The van der Waals surface area contributed by atoms with E-state index in [0.29, 0.717) is 27.0 Å². The third-order valence-electron chi connectivity index (χ3n) is 5.98. The van der Waals surface area contributed by atoms with Crippen molar-refractivity contribution in [2.45, 2.75) is 83.2 Å². The summed E-state index contributed by atoms with van der Waals surface area (Å²) in [5.74, 6) is 0.402. The lowest BCUT2D eigenvalue weighted by molar-refractivity contribution is 0.0527. The van der Waals surface area contributed by atoms with Crippen molar-refractivity contribution < 1.29 is 9.53 Å². The molecule has 0 aliphatic rings. The number of hydrogen-bond donors (Lipinski definition) is 1. The second-order valence-corrected chi connectivity index (χ2v) is 10.2. The Labute approximate surface area is 216 Å². The van der Waals surface area contributed by atoms with Crippen molar-refractivity contribution in [3.8, 4) is 11.1 Å². The smallest absolute Gasteiger partial charge is 0.340 e. The topological polar surface area (TPSA) is 76.5 Å². The van der Waals surface area contributed by atoms with Gasteiger partial charge in [0.15, 0.2) is 10.8 Å². The quantitative estimate of drug-likeness (QED) is 0.128. The zero-order valence-electron chi connectivity index (χ0n) is 20.8. The van der Waals surface area contributed by atoms with Gasteiger partial charge in [0, 0.05) is 22.5 Å². The molecule has 1 N–H and O–H groups in total. The summed E-state index contributed by atoms with van der Waals surface area (Å²) >= 11 is 7.60. The van der Waals surface area contributed by atoms with E-state index < -0.39 is 5.97 Å². The normalized spacial score (nSPS) is 11.3. The first kappa shape index (κ1) is 27.3. The van der Waals surface area contributed by atoms with E-state index >= 15 is 0 Å². The zero-order chi connectivity index (χ0) is 25.0. The Hall–Kier alpha value is -2.25. The minimum absolute atomic E-state index is 0.245. The van der Waals surface area contributed by atoms with E-state index in [0.717, 1.165) is 17.7 Å². The number of nitrogens with one attached hydrogen (secondary N) is 1. The fourth-order valence-corrected chi connectivity index (χ4v) is 5.11. The maximum absolute atomic E-state index is 12.8. The molecule has 0 saturated carbocycles. The highest BCUT2D eigenvalue weighted by atomic mass is 35.5. The molecule has 0 bridgehead atoms. The largest absolute Gasteiger partial charge is 0.462 e. The lowest BCUT2D eigenvalue weighted by atomic mass is 10.0. The number of aromatic nitrogens is 3. The van der Waals surface area contributed by atoms with Crippen molar-refractivity contribution in [2.24, 2.45) is 0 Å². The Morgan fingerprint density at radius 1 is 1.00 bits per heavy atom. The second kappa shape index (κ2) is 14.3. The molecule has 0 spiro atoms. The van der Waals surface area contributed by atoms with Gasteiger partial charge in [-0.25, -0.2) is 14.6 Å². The van der Waals surface area contributed by atoms with Gasteiger partial charge in [-0.05, 0) is 31.0 Å². The Bertz CT molecular complexity index is 1140. The molecule has 0 saturated heterocycles. The molecule has 35 heavy (non-hydrogen) atoms. The number of halogens is 1. The van der Waals surface area contributed by atoms with Crippen molar-refractivity contribution in [3.63, 3.8) is 0 Å². The molecule has 0 amide bonds. The molecule has 0 unspecified atom stereocenters. The van der Waals surface area contributed by atoms with Gasteiger partial charge in [0.2, 0.25) is 0 Å². The number of thioether (sulfide) groups is 1. The molecule has 2 heterocycles. The van der Waals surface area contributed by atoms with E-state index in [1.165, 1.54) is 68.4 Å². The van der Waals surface area contributed by atoms with Gasteiger partial charge in [-0.2, -0.15) is 0 Å². The molecule has 8 heteroatoms. The molecule has 3 rings (SSSR count). The molecule has 0 atom stereocenters. The first-order valence-electron chi connectivity index (χ1n) is 12.8. The number of H-pyrrole nitrogens is 1. The van der Waals surface area contributed by atoms with Gasteiger partial charge in [0.25, 0.3) is 0 Å². The minimum Gasteiger partial charge on any atom is -0.462 e. The summed E-state index contributed by atoms with van der Waals surface area (Å²) < 4.78 is 6.61. The van der Waals surface area contributed by atoms with Gasteiger partial charge in [0.1, 0.15) is 0 Å². The highest BCUT2D eigenvalue weighted by Gasteiger charge is 2.22. The molecular weight excluding hydrogens is 482 g/mol. The van der Waals surface area contributed by atoms with Crippen LogP contribution in [0.15, 0.2) is 40.4 Å². The van der Waals surface area contributed by atoms with Gasteiger partial charge >= 0.3 is 11.7 Å². The van der Waals surface area contributed by atoms with Crippen LogP contribution < -0.4 is 5.69 Å². The van der Waals surface area contributed by atoms with Gasteiger partial charge in [-0.15, -0.1) is 0 Å². The molecular formula is C27H36ClN3O3S. The number of fused-ring (bicyclic) bond motifs is 1. The van der Waals surface area contributed by atoms with Crippen molar-refractivity contribution in [1.29, 1.82) is 0 Å². The lowest BCUT2D eigenvalue weighted by Crippen LogP contribution is -2.17. The van der Waals surface area contributed by atoms with E-state index in [9.17, 15) is 9.59 Å². The van der Waals surface area contributed by atoms with Gasteiger partial charge < -0.3 is 4.74 Å². The van der Waals surface area contributed by atoms with Crippen LogP contribution in [0.2, 0.25) is 5.02 Å². The second-order valence-electron chi connectivity index (χ2n) is 8.72. The summed E-state index contributed by atoms with van der Waals surface area (Å²) in [7, 11) is 0. The Balaban J connectivity index is 1.66. The average Bonchev–Trinajstić information content (AvgIpc) is 3.23. The maximum Gasteiger partial charge on any atom is 0.340 e. The monoisotopic (exact) mass is 517 g/mol. The standard InChI is InChI=1S/C27H36ClN3O3S/c1-3-5-6-7-8-9-10-11-12-13-18-35-26-29-24-23(20-14-16-21(28)17-15-20)22(25(32)34-4-2)19-31(24)27(33)30-26/h14-17,19H,3-13,18H2,1-2H3,(H,29,30,33). The third-order valence-corrected chi connectivity index (χ3v) is 7.20. The van der Waals surface area contributed by atoms with E-state index in [4.69, 9.17) is 21.3 Å². The van der Waals surface area contributed by atoms with Crippen LogP contribution in [0.1, 0.15) is 88.4 Å². The average molecular weight is 518 g/mol. The van der Waals surface area contributed by atoms with Crippen LogP contribution in [0, 0.1) is 0 Å². The number of aromatic amines is 1. The van der Waals surface area contributed by atoms with Crippen molar-refractivity contribution in [1.82, 2.24) is 14.4 Å². The van der Waals surface area contributed by atoms with Crippen molar-refractivity contribution >= 4 is 35.0 Å². The summed E-state index contributed by atoms with van der Waals surface area (Å²) in [6, 6.07) is 7.15. The number of hydrogen-bond acceptors (Lipinski definition) is 5. The summed E-state index contributed by atoms with van der Waals surface area (Å²) in [6.45, 7) is 4.25. The fourth-order valence-electron chi connectivity index (χ4n) is 4.13. The summed E-state index contributed by atoms with van der Waals surface area (Å²) in [6.07, 6.45) is 14.4. The number of nitrogens with zero attached hydrogens (tertiary/aromatic N) is 2. The number of carbonyl (C=O) groups is 1. The van der Waals surface area contributed by atoms with Gasteiger partial charge in [0.05, 0.1) is 12.2 Å². The summed E-state index contributed by atoms with van der Waals surface area (Å²) in [5, 5.41) is 1.15. The molecule has 0 fully saturated rings. The van der Waals surface area contributed by atoms with Gasteiger partial charge in [-0.3, -0.25) is 9.38 Å². The molecule has 6 nitrogen and oxygen atoms in total. The Morgan fingerprint density at radius 3 is 2.26 bits per heavy atom. The van der Waals surface area contributed by atoms with E-state index in [1.807, 2.05) is 12.1 Å². The third kappa shape index (κ3) is 7.87. The molecule has 0 aliphatic carbocycles. The van der Waals surface area contributed by atoms with Crippen LogP contribution in [0.25, 0.3) is 16.8 Å². The number of benzene rings is 1. The molecule has 2 aromatic heterocycles. The predicted molar refractivity (Wildman–Crippen MR) is 145 cm³/mol. The Morgan fingerprint density at radius 2 is 1.63 bits per heavy atom. The van der Waals surface area contributed by atoms with Crippen LogP contribution in [0.5, 0.6) is 0 Å². The van der Waals surface area contributed by atoms with Crippen molar-refractivity contribution in [2.75, 3.05) is 12.4 Å². The van der Waals surface area contributed by atoms with Crippen LogP contribution in [-0.2, 0) is 4.74 Å². The van der Waals surface area contributed by atoms with E-state index in [1.54, 1.807) is 30.8 Å². The molecule has 190 valence electrons. The summed E-state index contributed by atoms with van der Waals surface area (Å²) in [4.78, 5) is 33.0. The van der Waals surface area contributed by atoms with Crippen LogP contribution in [0.4, 0.5) is 0 Å². The number of ether oxygens (including phenoxy) is 1. The SMILES string of the molecule is CCCCCCCCCCCCSc1nc2c(-c3ccc(Cl)cc3)c(C(=O)OCC)cn2c(=O)[nH]1. The van der Waals surface area contributed by atoms with Crippen LogP contribution in [-0.4, -0.2) is 32.7 Å². The first-order valence-corrected chi connectivity index (χ1v) is 14.1. The number of rotatable bonds is 15. The van der Waals surface area contributed by atoms with Crippen LogP contribution >= 0.6 is 23.4 Å². The van der Waals surface area contributed by atoms with E-state index in [2.05, 4.69) is 11.9 Å². The summed E-state index contributed by atoms with van der Waals surface area (Å²) in [5.41, 5.74) is 1.75. The molecule has 3 aromatic rings. The van der Waals surface area contributed by atoms with Gasteiger partial charge in [-0.1, -0.05) is 100 Å². The predicted octanol–water partition coefficient (Wildman–Crippen LogP) is 7.53. The maximum atomic E-state index is 12.8. The van der Waals surface area contributed by atoms with Crippen molar-refractivity contribution in [3.05, 3.63) is 51.5 Å².